The highest BCUT2D eigenvalue weighted by Crippen LogP contribution is 2.31. The van der Waals surface area contributed by atoms with Gasteiger partial charge in [-0.1, -0.05) is 0 Å². The van der Waals surface area contributed by atoms with Gasteiger partial charge in [0.2, 0.25) is 0 Å². The van der Waals surface area contributed by atoms with Gasteiger partial charge in [0.15, 0.2) is 0 Å². The molecule has 0 aliphatic heterocycles. The lowest BCUT2D eigenvalue weighted by Gasteiger charge is -2.28. The van der Waals surface area contributed by atoms with Crippen molar-refractivity contribution in [2.75, 3.05) is 23.4 Å². The molecule has 1 heterocycles. The van der Waals surface area contributed by atoms with Gasteiger partial charge in [-0.25, -0.2) is 9.97 Å². The molecule has 1 saturated carbocycles. The van der Waals surface area contributed by atoms with Crippen LogP contribution in [0.2, 0.25) is 0 Å². The smallest absolute Gasteiger partial charge is 0.146 e. The molecule has 1 fully saturated rings. The van der Waals surface area contributed by atoms with E-state index in [1.165, 1.54) is 25.7 Å². The number of hydrogen-bond acceptors (Lipinski definition) is 5. The summed E-state index contributed by atoms with van der Waals surface area (Å²) in [7, 11) is 0. The highest BCUT2D eigenvalue weighted by molar-refractivity contribution is 9.10. The Morgan fingerprint density at radius 3 is 2.58 bits per heavy atom. The van der Waals surface area contributed by atoms with E-state index in [-0.39, 0.29) is 0 Å². The van der Waals surface area contributed by atoms with Crippen LogP contribution in [0.15, 0.2) is 10.8 Å². The molecule has 2 N–H and O–H groups in total. The number of anilines is 2. The minimum absolute atomic E-state index is 0.532. The number of thioether (sulfide) groups is 1. The first-order valence-corrected chi connectivity index (χ1v) is 8.86. The zero-order valence-electron chi connectivity index (χ0n) is 11.4. The molecule has 1 aromatic rings. The third-order valence-corrected chi connectivity index (χ3v) is 5.37. The average Bonchev–Trinajstić information content (AvgIpc) is 2.44. The summed E-state index contributed by atoms with van der Waals surface area (Å²) in [5, 5.41) is 7.61. The highest BCUT2D eigenvalue weighted by Gasteiger charge is 2.21. The Kier molecular flexibility index (Phi) is 5.76. The standard InChI is InChI=1S/C13H21BrN4S/c1-3-15-12-11(14)13(17-8-16-12)18-9-4-6-10(19-2)7-5-9/h8-10H,3-7H2,1-2H3,(H2,15,16,17,18). The minimum Gasteiger partial charge on any atom is -0.369 e. The second kappa shape index (κ2) is 7.33. The summed E-state index contributed by atoms with van der Waals surface area (Å²) in [6.07, 6.45) is 8.85. The fourth-order valence-electron chi connectivity index (χ4n) is 2.40. The number of nitrogens with one attached hydrogen (secondary N) is 2. The van der Waals surface area contributed by atoms with Crippen LogP contribution in [0.3, 0.4) is 0 Å². The van der Waals surface area contributed by atoms with Crippen molar-refractivity contribution in [3.63, 3.8) is 0 Å². The second-order valence-electron chi connectivity index (χ2n) is 4.77. The Labute approximate surface area is 127 Å². The van der Waals surface area contributed by atoms with E-state index in [0.29, 0.717) is 6.04 Å². The van der Waals surface area contributed by atoms with Crippen molar-refractivity contribution < 1.29 is 0 Å². The molecule has 0 bridgehead atoms. The van der Waals surface area contributed by atoms with Gasteiger partial charge in [0.05, 0.1) is 0 Å². The molecule has 0 amide bonds. The molecule has 0 aromatic carbocycles. The summed E-state index contributed by atoms with van der Waals surface area (Å²) in [4.78, 5) is 8.57. The minimum atomic E-state index is 0.532. The van der Waals surface area contributed by atoms with Gasteiger partial charge in [-0.3, -0.25) is 0 Å². The Hall–Kier alpha value is -0.490. The van der Waals surface area contributed by atoms with Crippen molar-refractivity contribution in [1.82, 2.24) is 9.97 Å². The van der Waals surface area contributed by atoms with E-state index in [0.717, 1.165) is 27.9 Å². The van der Waals surface area contributed by atoms with Crippen molar-refractivity contribution >= 4 is 39.3 Å². The van der Waals surface area contributed by atoms with Gasteiger partial charge in [-0.05, 0) is 54.8 Å². The Morgan fingerprint density at radius 1 is 1.26 bits per heavy atom. The maximum Gasteiger partial charge on any atom is 0.146 e. The Morgan fingerprint density at radius 2 is 1.95 bits per heavy atom. The number of hydrogen-bond donors (Lipinski definition) is 2. The maximum absolute atomic E-state index is 4.34. The van der Waals surface area contributed by atoms with E-state index in [9.17, 15) is 0 Å². The van der Waals surface area contributed by atoms with E-state index in [1.54, 1.807) is 6.33 Å². The summed E-state index contributed by atoms with van der Waals surface area (Å²) in [6, 6.07) is 0.532. The van der Waals surface area contributed by atoms with Crippen molar-refractivity contribution in [3.05, 3.63) is 10.8 Å². The van der Waals surface area contributed by atoms with Gasteiger partial charge in [0.1, 0.15) is 22.4 Å². The molecule has 1 aliphatic carbocycles. The molecule has 6 heteroatoms. The summed E-state index contributed by atoms with van der Waals surface area (Å²) in [5.74, 6) is 1.76. The van der Waals surface area contributed by atoms with Crippen LogP contribution in [0, 0.1) is 0 Å². The van der Waals surface area contributed by atoms with E-state index >= 15 is 0 Å². The lowest BCUT2D eigenvalue weighted by molar-refractivity contribution is 0.472. The molecule has 0 unspecified atom stereocenters. The number of nitrogens with zero attached hydrogens (tertiary/aromatic N) is 2. The van der Waals surface area contributed by atoms with Gasteiger partial charge < -0.3 is 10.6 Å². The van der Waals surface area contributed by atoms with Crippen LogP contribution in [-0.2, 0) is 0 Å². The molecule has 1 aliphatic rings. The topological polar surface area (TPSA) is 49.8 Å². The summed E-state index contributed by atoms with van der Waals surface area (Å²) in [6.45, 7) is 2.92. The van der Waals surface area contributed by atoms with Crippen molar-refractivity contribution in [2.45, 2.75) is 43.9 Å². The maximum atomic E-state index is 4.34. The van der Waals surface area contributed by atoms with Crippen LogP contribution in [0.4, 0.5) is 11.6 Å². The van der Waals surface area contributed by atoms with E-state index < -0.39 is 0 Å². The van der Waals surface area contributed by atoms with Gasteiger partial charge in [-0.2, -0.15) is 11.8 Å². The Balaban J connectivity index is 1.98. The van der Waals surface area contributed by atoms with Gasteiger partial charge >= 0.3 is 0 Å². The molecule has 4 nitrogen and oxygen atoms in total. The van der Waals surface area contributed by atoms with Crippen molar-refractivity contribution in [1.29, 1.82) is 0 Å². The first-order chi connectivity index (χ1) is 9.24. The molecular weight excluding hydrogens is 324 g/mol. The van der Waals surface area contributed by atoms with Crippen LogP contribution in [0.25, 0.3) is 0 Å². The molecule has 0 atom stereocenters. The predicted octanol–water partition coefficient (Wildman–Crippen LogP) is 3.76. The van der Waals surface area contributed by atoms with Crippen LogP contribution >= 0.6 is 27.7 Å². The van der Waals surface area contributed by atoms with Crippen LogP contribution in [0.5, 0.6) is 0 Å². The predicted molar refractivity (Wildman–Crippen MR) is 87.1 cm³/mol. The monoisotopic (exact) mass is 344 g/mol. The molecule has 0 spiro atoms. The van der Waals surface area contributed by atoms with Crippen molar-refractivity contribution in [3.8, 4) is 0 Å². The molecule has 1 aromatic heterocycles. The lowest BCUT2D eigenvalue weighted by Crippen LogP contribution is -2.27. The van der Waals surface area contributed by atoms with E-state index in [1.807, 2.05) is 11.8 Å². The molecule has 106 valence electrons. The lowest BCUT2D eigenvalue weighted by atomic mass is 9.95. The molecule has 0 saturated heterocycles. The fourth-order valence-corrected chi connectivity index (χ4v) is 3.60. The summed E-state index contributed by atoms with van der Waals surface area (Å²) in [5.41, 5.74) is 0. The summed E-state index contributed by atoms with van der Waals surface area (Å²) >= 11 is 5.57. The normalized spacial score (nSPS) is 23.1. The molecule has 0 radical (unpaired) electrons. The highest BCUT2D eigenvalue weighted by atomic mass is 79.9. The largest absolute Gasteiger partial charge is 0.369 e. The number of halogens is 1. The third kappa shape index (κ3) is 3.99. The molecule has 2 rings (SSSR count). The van der Waals surface area contributed by atoms with Crippen molar-refractivity contribution in [2.24, 2.45) is 0 Å². The fraction of sp³-hybridized carbons (Fsp3) is 0.692. The first-order valence-electron chi connectivity index (χ1n) is 6.78. The zero-order valence-corrected chi connectivity index (χ0v) is 13.9. The SMILES string of the molecule is CCNc1ncnc(NC2CCC(SC)CC2)c1Br. The van der Waals surface area contributed by atoms with Gasteiger partial charge in [0, 0.05) is 17.8 Å². The average molecular weight is 345 g/mol. The quantitative estimate of drug-likeness (QED) is 0.851. The third-order valence-electron chi connectivity index (χ3n) is 3.48. The van der Waals surface area contributed by atoms with E-state index in [4.69, 9.17) is 0 Å². The first kappa shape index (κ1) is 14.9. The zero-order chi connectivity index (χ0) is 13.7. The van der Waals surface area contributed by atoms with Crippen LogP contribution in [0.1, 0.15) is 32.6 Å². The van der Waals surface area contributed by atoms with Crippen LogP contribution in [-0.4, -0.2) is 34.1 Å². The second-order valence-corrected chi connectivity index (χ2v) is 6.70. The number of rotatable bonds is 5. The Bertz CT molecular complexity index is 408. The molecular formula is C13H21BrN4S. The van der Waals surface area contributed by atoms with E-state index in [2.05, 4.69) is 49.7 Å². The summed E-state index contributed by atoms with van der Waals surface area (Å²) < 4.78 is 0.934. The van der Waals surface area contributed by atoms with Gasteiger partial charge in [0.25, 0.3) is 0 Å². The van der Waals surface area contributed by atoms with Gasteiger partial charge in [-0.15, -0.1) is 0 Å². The molecule has 19 heavy (non-hydrogen) atoms. The van der Waals surface area contributed by atoms with Crippen LogP contribution < -0.4 is 10.6 Å². The number of aromatic nitrogens is 2.